The van der Waals surface area contributed by atoms with Gasteiger partial charge < -0.3 is 10.6 Å². The first-order chi connectivity index (χ1) is 6.74. The van der Waals surface area contributed by atoms with Crippen molar-refractivity contribution in [2.45, 2.75) is 19.4 Å². The van der Waals surface area contributed by atoms with Crippen LogP contribution in [0.25, 0.3) is 0 Å². The lowest BCUT2D eigenvalue weighted by atomic mass is 9.99. The topological polar surface area (TPSA) is 47.1 Å². The molecule has 1 aromatic heterocycles. The third-order valence-corrected chi connectivity index (χ3v) is 2.82. The van der Waals surface area contributed by atoms with E-state index in [2.05, 4.69) is 17.0 Å². The molecule has 1 unspecified atom stereocenters. The highest BCUT2D eigenvalue weighted by Gasteiger charge is 2.17. The highest BCUT2D eigenvalue weighted by molar-refractivity contribution is 5.30. The summed E-state index contributed by atoms with van der Waals surface area (Å²) in [6, 6.07) is 0. The van der Waals surface area contributed by atoms with Gasteiger partial charge >= 0.3 is 0 Å². The summed E-state index contributed by atoms with van der Waals surface area (Å²) >= 11 is 0. The molecule has 2 rings (SSSR count). The van der Waals surface area contributed by atoms with Crippen LogP contribution in [-0.2, 0) is 6.54 Å². The summed E-state index contributed by atoms with van der Waals surface area (Å²) in [7, 11) is 2.18. The Balaban J connectivity index is 1.90. The number of likely N-dealkylation sites (tertiary alicyclic amines) is 1. The number of anilines is 1. The molecule has 0 aromatic carbocycles. The van der Waals surface area contributed by atoms with E-state index < -0.39 is 0 Å². The maximum Gasteiger partial charge on any atom is 0.0719 e. The first-order valence-electron chi connectivity index (χ1n) is 5.20. The second kappa shape index (κ2) is 4.00. The van der Waals surface area contributed by atoms with Crippen LogP contribution in [0.15, 0.2) is 12.4 Å². The van der Waals surface area contributed by atoms with Crippen LogP contribution in [0.4, 0.5) is 5.69 Å². The minimum atomic E-state index is 0.730. The monoisotopic (exact) mass is 194 g/mol. The smallest absolute Gasteiger partial charge is 0.0719 e. The van der Waals surface area contributed by atoms with Gasteiger partial charge in [0.25, 0.3) is 0 Å². The van der Waals surface area contributed by atoms with E-state index in [0.29, 0.717) is 0 Å². The first-order valence-corrected chi connectivity index (χ1v) is 5.20. The zero-order chi connectivity index (χ0) is 9.97. The van der Waals surface area contributed by atoms with Crippen molar-refractivity contribution in [3.8, 4) is 0 Å². The van der Waals surface area contributed by atoms with E-state index in [9.17, 15) is 0 Å². The number of rotatable bonds is 2. The second-order valence-corrected chi connectivity index (χ2v) is 4.27. The molecule has 14 heavy (non-hydrogen) atoms. The molecule has 78 valence electrons. The predicted molar refractivity (Wildman–Crippen MR) is 56.9 cm³/mol. The van der Waals surface area contributed by atoms with Crippen molar-refractivity contribution in [1.82, 2.24) is 14.7 Å². The number of hydrogen-bond donors (Lipinski definition) is 1. The molecule has 2 N–H and O–H groups in total. The number of nitrogen functional groups attached to an aromatic ring is 1. The fourth-order valence-electron chi connectivity index (χ4n) is 2.17. The predicted octanol–water partition coefficient (Wildman–Crippen LogP) is 0.807. The molecule has 4 heteroatoms. The van der Waals surface area contributed by atoms with Gasteiger partial charge in [-0.25, -0.2) is 0 Å². The number of hydrogen-bond acceptors (Lipinski definition) is 3. The molecule has 0 spiro atoms. The van der Waals surface area contributed by atoms with Gasteiger partial charge in [0.05, 0.1) is 11.9 Å². The van der Waals surface area contributed by atoms with Crippen LogP contribution >= 0.6 is 0 Å². The maximum absolute atomic E-state index is 5.62. The summed E-state index contributed by atoms with van der Waals surface area (Å²) in [5.74, 6) is 0.730. The zero-order valence-electron chi connectivity index (χ0n) is 8.69. The summed E-state index contributed by atoms with van der Waals surface area (Å²) in [6.07, 6.45) is 6.24. The molecule has 1 fully saturated rings. The number of aromatic nitrogens is 2. The highest BCUT2D eigenvalue weighted by Crippen LogP contribution is 2.16. The second-order valence-electron chi connectivity index (χ2n) is 4.27. The molecule has 4 nitrogen and oxygen atoms in total. The molecule has 1 saturated heterocycles. The molecule has 0 bridgehead atoms. The van der Waals surface area contributed by atoms with E-state index in [1.54, 1.807) is 6.20 Å². The quantitative estimate of drug-likeness (QED) is 0.757. The van der Waals surface area contributed by atoms with Crippen LogP contribution in [-0.4, -0.2) is 34.8 Å². The Morgan fingerprint density at radius 3 is 3.14 bits per heavy atom. The van der Waals surface area contributed by atoms with Gasteiger partial charge in [-0.2, -0.15) is 5.10 Å². The highest BCUT2D eigenvalue weighted by atomic mass is 15.3. The Kier molecular flexibility index (Phi) is 2.72. The van der Waals surface area contributed by atoms with Crippen molar-refractivity contribution in [3.05, 3.63) is 12.4 Å². The molecular formula is C10H18N4. The van der Waals surface area contributed by atoms with E-state index in [4.69, 9.17) is 5.73 Å². The number of nitrogens with zero attached hydrogens (tertiary/aromatic N) is 3. The molecule has 1 aliphatic heterocycles. The standard InChI is InChI=1S/C10H18N4/c1-13-4-2-3-9(6-13)7-14-8-10(11)5-12-14/h5,8-9H,2-4,6-7,11H2,1H3. The van der Waals surface area contributed by atoms with Crippen LogP contribution in [0.3, 0.4) is 0 Å². The lowest BCUT2D eigenvalue weighted by Gasteiger charge is -2.29. The Bertz CT molecular complexity index is 294. The van der Waals surface area contributed by atoms with Gasteiger partial charge in [-0.1, -0.05) is 0 Å². The summed E-state index contributed by atoms with van der Waals surface area (Å²) in [5, 5.41) is 4.21. The van der Waals surface area contributed by atoms with Gasteiger partial charge in [-0.3, -0.25) is 4.68 Å². The number of nitrogens with two attached hydrogens (primary N) is 1. The van der Waals surface area contributed by atoms with Crippen LogP contribution in [0.5, 0.6) is 0 Å². The minimum absolute atomic E-state index is 0.730. The SMILES string of the molecule is CN1CCCC(Cn2cc(N)cn2)C1. The Morgan fingerprint density at radius 2 is 2.50 bits per heavy atom. The first kappa shape index (κ1) is 9.52. The van der Waals surface area contributed by atoms with Crippen molar-refractivity contribution in [2.24, 2.45) is 5.92 Å². The molecule has 0 amide bonds. The molecule has 0 radical (unpaired) electrons. The fourth-order valence-corrected chi connectivity index (χ4v) is 2.17. The summed E-state index contributed by atoms with van der Waals surface area (Å²) in [5.41, 5.74) is 6.38. The third-order valence-electron chi connectivity index (χ3n) is 2.82. The van der Waals surface area contributed by atoms with Gasteiger partial charge in [0, 0.05) is 19.3 Å². The fraction of sp³-hybridized carbons (Fsp3) is 0.700. The molecule has 1 atom stereocenters. The average Bonchev–Trinajstić information content (AvgIpc) is 2.51. The molecule has 2 heterocycles. The summed E-state index contributed by atoms with van der Waals surface area (Å²) < 4.78 is 1.96. The van der Waals surface area contributed by atoms with Gasteiger partial charge in [0.1, 0.15) is 0 Å². The van der Waals surface area contributed by atoms with Gasteiger partial charge in [0.2, 0.25) is 0 Å². The lowest BCUT2D eigenvalue weighted by Crippen LogP contribution is -2.34. The van der Waals surface area contributed by atoms with Crippen molar-refractivity contribution in [1.29, 1.82) is 0 Å². The van der Waals surface area contributed by atoms with Crippen molar-refractivity contribution >= 4 is 5.69 Å². The Hall–Kier alpha value is -1.03. The maximum atomic E-state index is 5.62. The molecular weight excluding hydrogens is 176 g/mol. The molecule has 1 aliphatic rings. The van der Waals surface area contributed by atoms with Crippen LogP contribution in [0, 0.1) is 5.92 Å². The van der Waals surface area contributed by atoms with Gasteiger partial charge in [0.15, 0.2) is 0 Å². The van der Waals surface area contributed by atoms with Crippen LogP contribution in [0.2, 0.25) is 0 Å². The zero-order valence-corrected chi connectivity index (χ0v) is 8.69. The van der Waals surface area contributed by atoms with E-state index >= 15 is 0 Å². The minimum Gasteiger partial charge on any atom is -0.396 e. The van der Waals surface area contributed by atoms with E-state index in [0.717, 1.165) is 18.2 Å². The van der Waals surface area contributed by atoms with Crippen LogP contribution in [0.1, 0.15) is 12.8 Å². The Morgan fingerprint density at radius 1 is 1.64 bits per heavy atom. The van der Waals surface area contributed by atoms with E-state index in [-0.39, 0.29) is 0 Å². The van der Waals surface area contributed by atoms with Gasteiger partial charge in [-0.05, 0) is 32.4 Å². The van der Waals surface area contributed by atoms with Crippen molar-refractivity contribution in [3.63, 3.8) is 0 Å². The van der Waals surface area contributed by atoms with Gasteiger partial charge in [-0.15, -0.1) is 0 Å². The third kappa shape index (κ3) is 2.26. The largest absolute Gasteiger partial charge is 0.396 e. The van der Waals surface area contributed by atoms with E-state index in [1.165, 1.54) is 25.9 Å². The summed E-state index contributed by atoms with van der Waals surface area (Å²) in [4.78, 5) is 2.39. The van der Waals surface area contributed by atoms with E-state index in [1.807, 2.05) is 10.9 Å². The summed E-state index contributed by atoms with van der Waals surface area (Å²) in [6.45, 7) is 3.42. The average molecular weight is 194 g/mol. The molecule has 0 saturated carbocycles. The van der Waals surface area contributed by atoms with Crippen LogP contribution < -0.4 is 5.73 Å². The van der Waals surface area contributed by atoms with Crippen molar-refractivity contribution < 1.29 is 0 Å². The molecule has 0 aliphatic carbocycles. The molecule has 1 aromatic rings. The lowest BCUT2D eigenvalue weighted by molar-refractivity contribution is 0.190. The number of piperidine rings is 1. The Labute approximate surface area is 84.7 Å². The van der Waals surface area contributed by atoms with Crippen molar-refractivity contribution in [2.75, 3.05) is 25.9 Å². The normalized spacial score (nSPS) is 23.9.